The van der Waals surface area contributed by atoms with Gasteiger partial charge in [0.15, 0.2) is 0 Å². The summed E-state index contributed by atoms with van der Waals surface area (Å²) in [6.45, 7) is 4.25. The summed E-state index contributed by atoms with van der Waals surface area (Å²) in [5, 5.41) is 1.34. The number of aromatic nitrogens is 5. The molecule has 70 heavy (non-hydrogen) atoms. The summed E-state index contributed by atoms with van der Waals surface area (Å²) in [4.78, 5) is 4.87. The lowest BCUT2D eigenvalue weighted by molar-refractivity contribution is -0.571. The lowest BCUT2D eigenvalue weighted by Gasteiger charge is -2.17. The number of fused-ring (bicyclic) bond motifs is 7. The molecule has 0 N–H and O–H groups in total. The predicted molar refractivity (Wildman–Crippen MR) is 286 cm³/mol. The predicted octanol–water partition coefficient (Wildman–Crippen LogP) is 15.6. The fourth-order valence-electron chi connectivity index (χ4n) is 9.50. The Kier molecular flexibility index (Phi) is 6.42. The summed E-state index contributed by atoms with van der Waals surface area (Å²) < 4.78 is 172. The molecule has 4 heterocycles. The molecule has 0 saturated heterocycles. The van der Waals surface area contributed by atoms with E-state index in [9.17, 15) is 0 Å². The average Bonchev–Trinajstić information content (AvgIpc) is 1.54. The van der Waals surface area contributed by atoms with E-state index in [1.54, 1.807) is 76.0 Å². The van der Waals surface area contributed by atoms with Gasteiger partial charge in [-0.25, -0.2) is 4.98 Å². The molecule has 0 amide bonds. The van der Waals surface area contributed by atoms with Gasteiger partial charge in [0.1, 0.15) is 17.3 Å². The topological polar surface area (TPSA) is 40.8 Å². The Morgan fingerprint density at radius 1 is 0.529 bits per heavy atom. The third kappa shape index (κ3) is 7.03. The Morgan fingerprint density at radius 2 is 1.20 bits per heavy atom. The van der Waals surface area contributed by atoms with Crippen molar-refractivity contribution in [2.45, 2.75) is 20.3 Å². The lowest BCUT2D eigenvalue weighted by Crippen LogP contribution is -2.31. The molecule has 0 radical (unpaired) electrons. The molecule has 6 heteroatoms. The van der Waals surface area contributed by atoms with Crippen LogP contribution in [0.3, 0.4) is 0 Å². The van der Waals surface area contributed by atoms with Crippen molar-refractivity contribution >= 4 is 54.6 Å². The van der Waals surface area contributed by atoms with Crippen LogP contribution >= 0.6 is 0 Å². The smallest absolute Gasteiger partial charge is 0.269 e. The van der Waals surface area contributed by atoms with Gasteiger partial charge < -0.3 is 9.30 Å². The number of ether oxygens (including phenoxy) is 1. The maximum absolute atomic E-state index is 9.15. The van der Waals surface area contributed by atoms with Crippen molar-refractivity contribution in [1.82, 2.24) is 18.7 Å². The van der Waals surface area contributed by atoms with Crippen LogP contribution in [0.4, 0.5) is 0 Å². The van der Waals surface area contributed by atoms with Crippen molar-refractivity contribution < 1.29 is 34.0 Å². The molecular weight excluding hydrogens is 855 g/mol. The van der Waals surface area contributed by atoms with Crippen molar-refractivity contribution in [2.24, 2.45) is 5.92 Å². The van der Waals surface area contributed by atoms with Gasteiger partial charge in [0, 0.05) is 39.5 Å². The van der Waals surface area contributed by atoms with E-state index < -0.39 is 109 Å². The molecule has 0 aliphatic carbocycles. The largest absolute Gasteiger partial charge is 0.458 e. The highest BCUT2D eigenvalue weighted by atomic mass is 16.5. The Labute approximate surface area is 431 Å². The molecule has 0 saturated carbocycles. The molecule has 0 unspecified atom stereocenters. The van der Waals surface area contributed by atoms with E-state index in [1.165, 1.54) is 4.57 Å². The molecule has 0 aliphatic rings. The second-order valence-electron chi connectivity index (χ2n) is 17.2. The second kappa shape index (κ2) is 17.0. The minimum Gasteiger partial charge on any atom is -0.458 e. The first-order chi connectivity index (χ1) is 42.0. The van der Waals surface area contributed by atoms with Crippen LogP contribution in [0.25, 0.3) is 99.8 Å². The average molecular weight is 920 g/mol. The molecule has 0 atom stereocenters. The lowest BCUT2D eigenvalue weighted by atomic mass is 9.95. The molecule has 0 aliphatic heterocycles. The Bertz CT molecular complexity index is 4980. The molecule has 0 bridgehead atoms. The molecule has 0 spiro atoms. The zero-order chi connectivity index (χ0) is 62.4. The van der Waals surface area contributed by atoms with E-state index in [0.29, 0.717) is 62.1 Å². The monoisotopic (exact) mass is 919 g/mol. The Morgan fingerprint density at radius 3 is 1.93 bits per heavy atom. The summed E-state index contributed by atoms with van der Waals surface area (Å²) in [6.07, 6.45) is 5.93. The minimum absolute atomic E-state index is 0.00587. The fourth-order valence-corrected chi connectivity index (χ4v) is 9.50. The van der Waals surface area contributed by atoms with Gasteiger partial charge in [-0.2, -0.15) is 0 Å². The van der Waals surface area contributed by atoms with Crippen LogP contribution in [0.5, 0.6) is 11.5 Å². The standard InChI is InChI=1S/C64H47N5O/c1-43(2)37-44-35-36-65-63(38-44)69-59-34-31-48(68-57-27-11-9-23-53(57)54-24-10-12-28-58(54)68)40-56(59)55-33-32-50(41-62(55)69)70-49-22-15-21-47(39-49)66-42-67(61-30-14-13-29-60(61)66)64-51(45-17-5-3-6-18-45)25-16-26-52(64)46-19-7-4-8-20-46/h3-36,38-41,43H,37H2,1-2H3/i3D,4D,5D,6D,7D,8D,9D,10D,11D,12D,17D,18D,19D,20D,23D,24D,27D,28D. The van der Waals surface area contributed by atoms with Gasteiger partial charge in [-0.05, 0) is 113 Å². The third-order valence-corrected chi connectivity index (χ3v) is 12.4. The number of benzene rings is 9. The SMILES string of the molecule is [2H]c1c([2H])c([2H])c(-c2cccc(-c3c([2H])c([2H])c([2H])c([2H])c3[2H])c2-[n+]2[c-]n(-c3cccc(Oc4ccc5c6cc(-n7c8c([2H])c([2H])c([2H])c([2H])c8c8c([2H])c([2H])c([2H])c([2H])c87)ccc6n(-c6cc(CC(C)C)ccn6)c5c4)c3)c3ccccc32)c([2H])c1[2H]. The summed E-state index contributed by atoms with van der Waals surface area (Å²) in [7, 11) is 0. The molecule has 4 aromatic heterocycles. The molecular formula is C64H47N5O. The number of para-hydroxylation sites is 5. The van der Waals surface area contributed by atoms with Gasteiger partial charge in [0.25, 0.3) is 6.33 Å². The first-order valence-electron chi connectivity index (χ1n) is 31.6. The summed E-state index contributed by atoms with van der Waals surface area (Å²) in [6, 6.07) is 24.5. The maximum atomic E-state index is 9.15. The van der Waals surface area contributed by atoms with Crippen LogP contribution in [-0.2, 0) is 6.42 Å². The molecule has 13 aromatic rings. The van der Waals surface area contributed by atoms with E-state index >= 15 is 0 Å². The normalized spacial score (nSPS) is 15.4. The van der Waals surface area contributed by atoms with Crippen LogP contribution in [0.1, 0.15) is 44.1 Å². The van der Waals surface area contributed by atoms with Gasteiger partial charge >= 0.3 is 0 Å². The molecule has 0 fully saturated rings. The fraction of sp³-hybridized carbons (Fsp3) is 0.0625. The zero-order valence-electron chi connectivity index (χ0n) is 55.5. The maximum Gasteiger partial charge on any atom is 0.269 e. The zero-order valence-corrected chi connectivity index (χ0v) is 37.5. The molecule has 9 aromatic carbocycles. The first kappa shape index (κ1) is 26.5. The van der Waals surface area contributed by atoms with E-state index in [2.05, 4.69) is 20.2 Å². The van der Waals surface area contributed by atoms with Crippen molar-refractivity contribution in [3.8, 4) is 56.6 Å². The Balaban J connectivity index is 0.984. The van der Waals surface area contributed by atoms with Crippen LogP contribution in [0, 0.1) is 12.2 Å². The van der Waals surface area contributed by atoms with Gasteiger partial charge in [-0.3, -0.25) is 13.7 Å². The number of hydrogen-bond acceptors (Lipinski definition) is 2. The molecule has 6 nitrogen and oxygen atoms in total. The van der Waals surface area contributed by atoms with Crippen LogP contribution in [0.15, 0.2) is 230 Å². The Hall–Kier alpha value is -9.00. The van der Waals surface area contributed by atoms with Crippen molar-refractivity contribution in [2.75, 3.05) is 0 Å². The number of pyridine rings is 1. The van der Waals surface area contributed by atoms with Crippen molar-refractivity contribution in [3.05, 3.63) is 242 Å². The first-order valence-corrected chi connectivity index (χ1v) is 22.6. The highest BCUT2D eigenvalue weighted by Crippen LogP contribution is 2.40. The summed E-state index contributed by atoms with van der Waals surface area (Å²) >= 11 is 0. The van der Waals surface area contributed by atoms with Crippen molar-refractivity contribution in [1.29, 1.82) is 0 Å². The van der Waals surface area contributed by atoms with Gasteiger partial charge in [0.05, 0.1) is 69.1 Å². The summed E-state index contributed by atoms with van der Waals surface area (Å²) in [5.41, 5.74) is 4.33. The van der Waals surface area contributed by atoms with E-state index in [1.807, 2.05) is 59.2 Å². The van der Waals surface area contributed by atoms with E-state index in [0.717, 1.165) is 17.4 Å². The molecule has 334 valence electrons. The number of rotatable bonds is 10. The number of hydrogen-bond donors (Lipinski definition) is 0. The highest BCUT2D eigenvalue weighted by Gasteiger charge is 2.21. The van der Waals surface area contributed by atoms with Crippen LogP contribution in [0.2, 0.25) is 0 Å². The second-order valence-corrected chi connectivity index (χ2v) is 17.2. The van der Waals surface area contributed by atoms with Gasteiger partial charge in [0.2, 0.25) is 0 Å². The number of nitrogens with zero attached hydrogens (tertiary/aromatic N) is 5. The summed E-state index contributed by atoms with van der Waals surface area (Å²) in [5.74, 6) is 1.72. The highest BCUT2D eigenvalue weighted by molar-refractivity contribution is 6.12. The molecule has 13 rings (SSSR count). The van der Waals surface area contributed by atoms with E-state index in [4.69, 9.17) is 34.4 Å². The third-order valence-electron chi connectivity index (χ3n) is 12.4. The van der Waals surface area contributed by atoms with Gasteiger partial charge in [-0.15, -0.1) is 0 Å². The number of imidazole rings is 1. The quantitative estimate of drug-likeness (QED) is 0.101. The van der Waals surface area contributed by atoms with E-state index in [-0.39, 0.29) is 49.7 Å². The van der Waals surface area contributed by atoms with Crippen LogP contribution in [-0.4, -0.2) is 18.7 Å². The van der Waals surface area contributed by atoms with Crippen LogP contribution < -0.4 is 9.30 Å². The van der Waals surface area contributed by atoms with Crippen molar-refractivity contribution in [3.63, 3.8) is 0 Å². The van der Waals surface area contributed by atoms with Gasteiger partial charge in [-0.1, -0.05) is 159 Å². The minimum atomic E-state index is -0.606.